The van der Waals surface area contributed by atoms with E-state index < -0.39 is 5.97 Å². The van der Waals surface area contributed by atoms with Gasteiger partial charge in [-0.2, -0.15) is 0 Å². The molecule has 1 N–H and O–H groups in total. The van der Waals surface area contributed by atoms with Gasteiger partial charge < -0.3 is 19.3 Å². The molecule has 0 aliphatic carbocycles. The number of anilines is 1. The number of carbonyl (C=O) groups excluding carboxylic acids is 1. The maximum atomic E-state index is 12.2. The summed E-state index contributed by atoms with van der Waals surface area (Å²) < 4.78 is 15.6. The van der Waals surface area contributed by atoms with Crippen LogP contribution in [0.25, 0.3) is 11.3 Å². The molecule has 0 atom stereocenters. The monoisotopic (exact) mass is 338 g/mol. The van der Waals surface area contributed by atoms with Crippen molar-refractivity contribution in [3.8, 4) is 17.0 Å². The van der Waals surface area contributed by atoms with Crippen LogP contribution in [-0.4, -0.2) is 25.3 Å². The molecular weight excluding hydrogens is 320 g/mol. The normalized spacial score (nSPS) is 10.3. The third-order valence-electron chi connectivity index (χ3n) is 3.76. The molecule has 3 rings (SSSR count). The lowest BCUT2D eigenvalue weighted by Crippen LogP contribution is -2.08. The highest BCUT2D eigenvalue weighted by Gasteiger charge is 2.24. The van der Waals surface area contributed by atoms with Crippen LogP contribution in [0.15, 0.2) is 59.1 Å². The molecule has 0 fully saturated rings. The Kier molecular flexibility index (Phi) is 4.99. The van der Waals surface area contributed by atoms with Crippen LogP contribution in [0.3, 0.4) is 0 Å². The molecule has 128 valence electrons. The van der Waals surface area contributed by atoms with Crippen LogP contribution in [0, 0.1) is 0 Å². The molecule has 0 radical (unpaired) electrons. The number of nitrogens with one attached hydrogen (secondary N) is 1. The van der Waals surface area contributed by atoms with Crippen LogP contribution >= 0.6 is 0 Å². The van der Waals surface area contributed by atoms with Crippen molar-refractivity contribution >= 4 is 11.9 Å². The van der Waals surface area contributed by atoms with Crippen molar-refractivity contribution in [3.63, 3.8) is 0 Å². The molecule has 0 saturated heterocycles. The Balaban J connectivity index is 1.91. The second-order valence-corrected chi connectivity index (χ2v) is 5.26. The fraction of sp³-hybridized carbons (Fsp3) is 0.158. The minimum atomic E-state index is -0.511. The lowest BCUT2D eigenvalue weighted by Gasteiger charge is -2.09. The van der Waals surface area contributed by atoms with Crippen LogP contribution in [0.1, 0.15) is 15.9 Å². The van der Waals surface area contributed by atoms with E-state index in [4.69, 9.17) is 14.0 Å². The average Bonchev–Trinajstić information content (AvgIpc) is 3.10. The van der Waals surface area contributed by atoms with Gasteiger partial charge in [0.1, 0.15) is 11.4 Å². The van der Waals surface area contributed by atoms with E-state index in [9.17, 15) is 4.79 Å². The number of para-hydroxylation sites is 1. The van der Waals surface area contributed by atoms with Crippen LogP contribution in [0.5, 0.6) is 5.75 Å². The summed E-state index contributed by atoms with van der Waals surface area (Å²) in [6, 6.07) is 16.9. The second kappa shape index (κ2) is 7.53. The Bertz CT molecular complexity index is 859. The molecule has 25 heavy (non-hydrogen) atoms. The highest BCUT2D eigenvalue weighted by atomic mass is 16.5. The minimum Gasteiger partial charge on any atom is -0.496 e. The van der Waals surface area contributed by atoms with Crippen molar-refractivity contribution in [1.82, 2.24) is 5.16 Å². The molecule has 0 bridgehead atoms. The lowest BCUT2D eigenvalue weighted by molar-refractivity contribution is 0.0602. The van der Waals surface area contributed by atoms with Gasteiger partial charge in [0.25, 0.3) is 0 Å². The number of aromatic nitrogens is 1. The van der Waals surface area contributed by atoms with Gasteiger partial charge in [0.2, 0.25) is 5.88 Å². The standard InChI is InChI=1S/C19H18N2O4/c1-23-15-11-7-6-10-14(15)12-20-18-16(19(22)24-2)17(21-25-18)13-8-4-3-5-9-13/h3-11,20H,12H2,1-2H3. The zero-order chi connectivity index (χ0) is 17.6. The number of nitrogens with zero attached hydrogens (tertiary/aromatic N) is 1. The van der Waals surface area contributed by atoms with Gasteiger partial charge >= 0.3 is 5.97 Å². The van der Waals surface area contributed by atoms with Crippen molar-refractivity contribution < 1.29 is 18.8 Å². The van der Waals surface area contributed by atoms with Crippen LogP contribution in [-0.2, 0) is 11.3 Å². The summed E-state index contributed by atoms with van der Waals surface area (Å²) in [6.07, 6.45) is 0. The molecular formula is C19H18N2O4. The van der Waals surface area contributed by atoms with Crippen molar-refractivity contribution in [2.24, 2.45) is 0 Å². The third-order valence-corrected chi connectivity index (χ3v) is 3.76. The smallest absolute Gasteiger partial charge is 0.345 e. The maximum Gasteiger partial charge on any atom is 0.345 e. The first-order chi connectivity index (χ1) is 12.2. The summed E-state index contributed by atoms with van der Waals surface area (Å²) in [7, 11) is 2.94. The number of hydrogen-bond donors (Lipinski definition) is 1. The summed E-state index contributed by atoms with van der Waals surface area (Å²) >= 11 is 0. The van der Waals surface area contributed by atoms with Crippen molar-refractivity contribution in [2.75, 3.05) is 19.5 Å². The summed E-state index contributed by atoms with van der Waals surface area (Å²) in [4.78, 5) is 12.2. The highest BCUT2D eigenvalue weighted by Crippen LogP contribution is 2.30. The number of rotatable bonds is 6. The fourth-order valence-corrected chi connectivity index (χ4v) is 2.52. The van der Waals surface area contributed by atoms with E-state index >= 15 is 0 Å². The minimum absolute atomic E-state index is 0.261. The third kappa shape index (κ3) is 3.47. The number of ether oxygens (including phenoxy) is 2. The van der Waals surface area contributed by atoms with Gasteiger partial charge in [-0.1, -0.05) is 53.7 Å². The maximum absolute atomic E-state index is 12.2. The van der Waals surface area contributed by atoms with Crippen LogP contribution in [0.2, 0.25) is 0 Å². The Hall–Kier alpha value is -3.28. The number of methoxy groups -OCH3 is 2. The van der Waals surface area contributed by atoms with Gasteiger partial charge in [-0.25, -0.2) is 4.79 Å². The molecule has 0 aliphatic rings. The van der Waals surface area contributed by atoms with E-state index in [-0.39, 0.29) is 11.4 Å². The zero-order valence-electron chi connectivity index (χ0n) is 14.0. The molecule has 6 heteroatoms. The zero-order valence-corrected chi connectivity index (χ0v) is 14.0. The molecule has 1 aromatic heterocycles. The first-order valence-electron chi connectivity index (χ1n) is 7.73. The van der Waals surface area contributed by atoms with Gasteiger partial charge in [0.15, 0.2) is 5.56 Å². The second-order valence-electron chi connectivity index (χ2n) is 5.26. The molecule has 0 saturated carbocycles. The lowest BCUT2D eigenvalue weighted by atomic mass is 10.1. The first-order valence-corrected chi connectivity index (χ1v) is 7.73. The SMILES string of the molecule is COC(=O)c1c(-c2ccccc2)noc1NCc1ccccc1OC. The quantitative estimate of drug-likeness (QED) is 0.690. The Morgan fingerprint density at radius 1 is 1.08 bits per heavy atom. The summed E-state index contributed by atoms with van der Waals surface area (Å²) in [5.41, 5.74) is 2.41. The Morgan fingerprint density at radius 2 is 1.80 bits per heavy atom. The van der Waals surface area contributed by atoms with Gasteiger partial charge in [-0.05, 0) is 6.07 Å². The van der Waals surface area contributed by atoms with E-state index in [0.717, 1.165) is 16.9 Å². The van der Waals surface area contributed by atoms with Crippen LogP contribution < -0.4 is 10.1 Å². The number of benzene rings is 2. The summed E-state index contributed by atoms with van der Waals surface area (Å²) in [6.45, 7) is 0.414. The van der Waals surface area contributed by atoms with E-state index in [2.05, 4.69) is 10.5 Å². The number of carbonyl (C=O) groups is 1. The summed E-state index contributed by atoms with van der Waals surface area (Å²) in [5, 5.41) is 7.14. The molecule has 0 spiro atoms. The molecule has 3 aromatic rings. The van der Waals surface area contributed by atoms with Gasteiger partial charge in [0.05, 0.1) is 14.2 Å². The van der Waals surface area contributed by atoms with E-state index in [1.807, 2.05) is 54.6 Å². The molecule has 2 aromatic carbocycles. The van der Waals surface area contributed by atoms with E-state index in [1.165, 1.54) is 7.11 Å². The highest BCUT2D eigenvalue weighted by molar-refractivity contribution is 6.00. The first kappa shape index (κ1) is 16.6. The number of hydrogen-bond acceptors (Lipinski definition) is 6. The number of esters is 1. The molecule has 1 heterocycles. The molecule has 6 nitrogen and oxygen atoms in total. The Labute approximate surface area is 145 Å². The topological polar surface area (TPSA) is 73.6 Å². The molecule has 0 amide bonds. The van der Waals surface area contributed by atoms with Gasteiger partial charge in [0, 0.05) is 17.7 Å². The molecule has 0 unspecified atom stereocenters. The largest absolute Gasteiger partial charge is 0.496 e. The van der Waals surface area contributed by atoms with Crippen molar-refractivity contribution in [3.05, 3.63) is 65.7 Å². The summed E-state index contributed by atoms with van der Waals surface area (Å²) in [5.74, 6) is 0.497. The predicted octanol–water partition coefficient (Wildman–Crippen LogP) is 3.75. The Morgan fingerprint density at radius 3 is 2.52 bits per heavy atom. The molecule has 0 aliphatic heterocycles. The van der Waals surface area contributed by atoms with E-state index in [1.54, 1.807) is 7.11 Å². The average molecular weight is 338 g/mol. The van der Waals surface area contributed by atoms with Crippen molar-refractivity contribution in [2.45, 2.75) is 6.54 Å². The fourth-order valence-electron chi connectivity index (χ4n) is 2.52. The van der Waals surface area contributed by atoms with Crippen LogP contribution in [0.4, 0.5) is 5.88 Å². The van der Waals surface area contributed by atoms with Crippen molar-refractivity contribution in [1.29, 1.82) is 0 Å². The van der Waals surface area contributed by atoms with E-state index in [0.29, 0.717) is 12.2 Å². The predicted molar refractivity (Wildman–Crippen MR) is 93.6 cm³/mol. The van der Waals surface area contributed by atoms with Gasteiger partial charge in [-0.3, -0.25) is 0 Å². The van der Waals surface area contributed by atoms with Gasteiger partial charge in [-0.15, -0.1) is 0 Å².